The first-order chi connectivity index (χ1) is 17.9. The number of halogens is 2. The molecule has 0 radical (unpaired) electrons. The molecule has 202 valence electrons. The molecule has 0 saturated carbocycles. The minimum absolute atomic E-state index is 0.107. The van der Waals surface area contributed by atoms with Crippen molar-refractivity contribution < 1.29 is 19.1 Å². The van der Waals surface area contributed by atoms with Gasteiger partial charge < -0.3 is 9.47 Å². The Labute approximate surface area is 230 Å². The normalized spacial score (nSPS) is 11.0. The summed E-state index contributed by atoms with van der Waals surface area (Å²) in [5.41, 5.74) is 3.43. The van der Waals surface area contributed by atoms with Crippen molar-refractivity contribution in [3.8, 4) is 11.5 Å². The van der Waals surface area contributed by atoms with Crippen LogP contribution in [0.15, 0.2) is 41.5 Å². The lowest BCUT2D eigenvalue weighted by Gasteiger charge is -2.10. The van der Waals surface area contributed by atoms with Gasteiger partial charge in [-0.15, -0.1) is 0 Å². The van der Waals surface area contributed by atoms with Gasteiger partial charge in [0.25, 0.3) is 0 Å². The largest absolute Gasteiger partial charge is 0.493 e. The van der Waals surface area contributed by atoms with E-state index in [1.54, 1.807) is 24.3 Å². The number of carbonyl (C=O) groups excluding carboxylic acids is 2. The van der Waals surface area contributed by atoms with Crippen LogP contribution in [0.2, 0.25) is 10.0 Å². The fourth-order valence-corrected chi connectivity index (χ4v) is 4.33. The van der Waals surface area contributed by atoms with E-state index in [9.17, 15) is 9.59 Å². The van der Waals surface area contributed by atoms with Crippen molar-refractivity contribution in [2.75, 3.05) is 7.11 Å². The highest BCUT2D eigenvalue weighted by Gasteiger charge is 2.16. The Bertz CT molecular complexity index is 1030. The first-order valence-electron chi connectivity index (χ1n) is 13.1. The summed E-state index contributed by atoms with van der Waals surface area (Å²) < 4.78 is 10.8. The second kappa shape index (κ2) is 17.8. The third-order valence-corrected chi connectivity index (χ3v) is 6.50. The number of hydrogen-bond donors (Lipinski definition) is 1. The number of hydrogen-bond acceptors (Lipinski definition) is 5. The standard InChI is InChI=1S/C29H38Cl2N2O4/c1-3-4-5-6-7-8-9-10-11-12-13-14-28(34)33-32-21-22-15-18-26(27(19-22)36-2)37-29(35)24-17-16-23(30)20-25(24)31/h15-21H,3-14H2,1-2H3,(H,33,34)/b32-21-. The molecule has 0 saturated heterocycles. The number of amides is 1. The Balaban J connectivity index is 1.70. The van der Waals surface area contributed by atoms with E-state index < -0.39 is 5.97 Å². The summed E-state index contributed by atoms with van der Waals surface area (Å²) in [6.07, 6.45) is 15.6. The minimum atomic E-state index is -0.629. The number of nitrogens with one attached hydrogen (secondary N) is 1. The number of unbranched alkanes of at least 4 members (excludes halogenated alkanes) is 10. The van der Waals surface area contributed by atoms with Gasteiger partial charge in [-0.2, -0.15) is 5.10 Å². The molecule has 1 amide bonds. The molecule has 2 aromatic rings. The van der Waals surface area contributed by atoms with Gasteiger partial charge in [0, 0.05) is 11.4 Å². The summed E-state index contributed by atoms with van der Waals surface area (Å²) in [5, 5.41) is 4.65. The predicted octanol–water partition coefficient (Wildman–Crippen LogP) is 8.37. The van der Waals surface area contributed by atoms with Gasteiger partial charge in [-0.3, -0.25) is 4.79 Å². The van der Waals surface area contributed by atoms with Crippen LogP contribution in [0.25, 0.3) is 0 Å². The van der Waals surface area contributed by atoms with Crippen LogP contribution < -0.4 is 14.9 Å². The molecule has 6 nitrogen and oxygen atoms in total. The Morgan fingerprint density at radius 2 is 1.51 bits per heavy atom. The first kappa shape index (κ1) is 30.7. The molecule has 0 aliphatic carbocycles. The maximum atomic E-state index is 12.5. The van der Waals surface area contributed by atoms with Gasteiger partial charge >= 0.3 is 5.97 Å². The molecule has 0 aromatic heterocycles. The summed E-state index contributed by atoms with van der Waals surface area (Å²) >= 11 is 12.0. The third-order valence-electron chi connectivity index (χ3n) is 5.95. The highest BCUT2D eigenvalue weighted by Crippen LogP contribution is 2.30. The Kier molecular flexibility index (Phi) is 14.8. The molecule has 0 aliphatic heterocycles. The van der Waals surface area contributed by atoms with E-state index in [2.05, 4.69) is 17.5 Å². The summed E-state index contributed by atoms with van der Waals surface area (Å²) in [6, 6.07) is 9.49. The minimum Gasteiger partial charge on any atom is -0.493 e. The van der Waals surface area contributed by atoms with Gasteiger partial charge in [0.1, 0.15) is 0 Å². The number of methoxy groups -OCH3 is 1. The van der Waals surface area contributed by atoms with Gasteiger partial charge in [-0.1, -0.05) is 94.3 Å². The molecule has 1 N–H and O–H groups in total. The molecular weight excluding hydrogens is 511 g/mol. The second-order valence-corrected chi connectivity index (χ2v) is 9.85. The van der Waals surface area contributed by atoms with Crippen molar-refractivity contribution in [1.82, 2.24) is 5.43 Å². The molecule has 2 rings (SSSR count). The first-order valence-corrected chi connectivity index (χ1v) is 13.9. The molecule has 0 heterocycles. The maximum Gasteiger partial charge on any atom is 0.345 e. The molecule has 0 atom stereocenters. The van der Waals surface area contributed by atoms with Gasteiger partial charge in [-0.05, 0) is 48.4 Å². The zero-order valence-electron chi connectivity index (χ0n) is 21.9. The zero-order valence-corrected chi connectivity index (χ0v) is 23.4. The molecular formula is C29H38Cl2N2O4. The van der Waals surface area contributed by atoms with E-state index in [1.807, 2.05) is 0 Å². The van der Waals surface area contributed by atoms with Crippen LogP contribution in [0.4, 0.5) is 0 Å². The number of rotatable bonds is 17. The van der Waals surface area contributed by atoms with Crippen molar-refractivity contribution in [3.63, 3.8) is 0 Å². The lowest BCUT2D eigenvalue weighted by atomic mass is 10.1. The van der Waals surface area contributed by atoms with E-state index in [1.165, 1.54) is 83.2 Å². The quantitative estimate of drug-likeness (QED) is 0.0707. The van der Waals surface area contributed by atoms with Gasteiger partial charge in [-0.25, -0.2) is 10.2 Å². The van der Waals surface area contributed by atoms with Gasteiger partial charge in [0.15, 0.2) is 11.5 Å². The van der Waals surface area contributed by atoms with Crippen LogP contribution in [0, 0.1) is 0 Å². The van der Waals surface area contributed by atoms with E-state index in [-0.39, 0.29) is 22.2 Å². The number of esters is 1. The average Bonchev–Trinajstić information content (AvgIpc) is 2.88. The Hall–Kier alpha value is -2.57. The van der Waals surface area contributed by atoms with Crippen LogP contribution in [0.5, 0.6) is 11.5 Å². The highest BCUT2D eigenvalue weighted by atomic mass is 35.5. The molecule has 2 aromatic carbocycles. The summed E-state index contributed by atoms with van der Waals surface area (Å²) in [6.45, 7) is 2.24. The number of carbonyl (C=O) groups is 2. The van der Waals surface area contributed by atoms with Gasteiger partial charge in [0.2, 0.25) is 5.91 Å². The maximum absolute atomic E-state index is 12.5. The number of benzene rings is 2. The van der Waals surface area contributed by atoms with Crippen molar-refractivity contribution in [2.45, 2.75) is 84.0 Å². The van der Waals surface area contributed by atoms with Crippen LogP contribution in [-0.4, -0.2) is 25.2 Å². The van der Waals surface area contributed by atoms with E-state index in [0.29, 0.717) is 22.8 Å². The highest BCUT2D eigenvalue weighted by molar-refractivity contribution is 6.36. The SMILES string of the molecule is CCCCCCCCCCCCCC(=O)N/N=C\c1ccc(OC(=O)c2ccc(Cl)cc2Cl)c(OC)c1. The second-order valence-electron chi connectivity index (χ2n) is 9.00. The van der Waals surface area contributed by atoms with E-state index >= 15 is 0 Å². The van der Waals surface area contributed by atoms with Crippen molar-refractivity contribution in [2.24, 2.45) is 5.10 Å². The molecule has 0 bridgehead atoms. The predicted molar refractivity (Wildman–Crippen MR) is 151 cm³/mol. The van der Waals surface area contributed by atoms with Crippen molar-refractivity contribution in [3.05, 3.63) is 57.6 Å². The van der Waals surface area contributed by atoms with Crippen LogP contribution in [0.1, 0.15) is 99.9 Å². The molecule has 0 spiro atoms. The van der Waals surface area contributed by atoms with E-state index in [4.69, 9.17) is 32.7 Å². The molecule has 0 unspecified atom stereocenters. The Morgan fingerprint density at radius 1 is 0.865 bits per heavy atom. The van der Waals surface area contributed by atoms with Crippen LogP contribution in [-0.2, 0) is 4.79 Å². The molecule has 37 heavy (non-hydrogen) atoms. The third kappa shape index (κ3) is 12.0. The number of nitrogens with zero attached hydrogens (tertiary/aromatic N) is 1. The van der Waals surface area contributed by atoms with Crippen LogP contribution in [0.3, 0.4) is 0 Å². The molecule has 8 heteroatoms. The Morgan fingerprint density at radius 3 is 2.14 bits per heavy atom. The van der Waals surface area contributed by atoms with E-state index in [0.717, 1.165) is 12.8 Å². The zero-order chi connectivity index (χ0) is 26.9. The summed E-state index contributed by atoms with van der Waals surface area (Å²) in [5.74, 6) is -0.161. The summed E-state index contributed by atoms with van der Waals surface area (Å²) in [7, 11) is 1.47. The lowest BCUT2D eigenvalue weighted by molar-refractivity contribution is -0.121. The fourth-order valence-electron chi connectivity index (χ4n) is 3.84. The molecule has 0 aliphatic rings. The fraction of sp³-hybridized carbons (Fsp3) is 0.483. The smallest absolute Gasteiger partial charge is 0.345 e. The van der Waals surface area contributed by atoms with Gasteiger partial charge in [0.05, 0.1) is 23.9 Å². The monoisotopic (exact) mass is 548 g/mol. The average molecular weight is 550 g/mol. The lowest BCUT2D eigenvalue weighted by Crippen LogP contribution is -2.16. The number of hydrazone groups is 1. The molecule has 0 fully saturated rings. The van der Waals surface area contributed by atoms with Crippen molar-refractivity contribution >= 4 is 41.3 Å². The topological polar surface area (TPSA) is 77.0 Å². The van der Waals surface area contributed by atoms with Crippen molar-refractivity contribution in [1.29, 1.82) is 0 Å². The summed E-state index contributed by atoms with van der Waals surface area (Å²) in [4.78, 5) is 24.5. The number of ether oxygens (including phenoxy) is 2. The van der Waals surface area contributed by atoms with Crippen LogP contribution >= 0.6 is 23.2 Å².